The summed E-state index contributed by atoms with van der Waals surface area (Å²) >= 11 is 0. The van der Waals surface area contributed by atoms with Gasteiger partial charge in [0.2, 0.25) is 11.8 Å². The summed E-state index contributed by atoms with van der Waals surface area (Å²) in [6.45, 7) is 3.32. The van der Waals surface area contributed by atoms with Crippen molar-refractivity contribution in [1.29, 1.82) is 0 Å². The number of carboxylic acids is 1. The van der Waals surface area contributed by atoms with Crippen LogP contribution >= 0.6 is 0 Å². The molecule has 170 valence electrons. The van der Waals surface area contributed by atoms with Gasteiger partial charge in [-0.2, -0.15) is 0 Å². The summed E-state index contributed by atoms with van der Waals surface area (Å²) < 4.78 is 0. The summed E-state index contributed by atoms with van der Waals surface area (Å²) in [4.78, 5) is 38.8. The molecule has 7 nitrogen and oxygen atoms in total. The molecule has 3 N–H and O–H groups in total. The van der Waals surface area contributed by atoms with Crippen molar-refractivity contribution in [3.8, 4) is 0 Å². The van der Waals surface area contributed by atoms with Crippen LogP contribution in [0.2, 0.25) is 0 Å². The van der Waals surface area contributed by atoms with Crippen molar-refractivity contribution in [1.82, 2.24) is 15.5 Å². The number of likely N-dealkylation sites (tertiary alicyclic amines) is 1. The first kappa shape index (κ1) is 23.3. The third-order valence-corrected chi connectivity index (χ3v) is 6.57. The number of carbonyl (C=O) groups is 3. The molecule has 31 heavy (non-hydrogen) atoms. The van der Waals surface area contributed by atoms with Crippen LogP contribution in [-0.4, -0.2) is 60.5 Å². The van der Waals surface area contributed by atoms with E-state index >= 15 is 0 Å². The SMILES string of the molecule is O=C(O)C(CNC(=O)[C@@H]1CCCN(C(=O)CCC2CCNCC2)C1)Cc1ccccc1. The Morgan fingerprint density at radius 2 is 1.87 bits per heavy atom. The number of nitrogens with one attached hydrogen (secondary N) is 2. The van der Waals surface area contributed by atoms with E-state index in [2.05, 4.69) is 10.6 Å². The van der Waals surface area contributed by atoms with Crippen LogP contribution in [0.4, 0.5) is 0 Å². The molecule has 0 bridgehead atoms. The third kappa shape index (κ3) is 7.35. The second-order valence-electron chi connectivity index (χ2n) is 8.88. The van der Waals surface area contributed by atoms with Gasteiger partial charge >= 0.3 is 5.97 Å². The molecule has 2 aliphatic heterocycles. The van der Waals surface area contributed by atoms with Gasteiger partial charge in [-0.1, -0.05) is 30.3 Å². The maximum Gasteiger partial charge on any atom is 0.308 e. The fourth-order valence-electron chi connectivity index (χ4n) is 4.59. The van der Waals surface area contributed by atoms with Crippen molar-refractivity contribution in [2.24, 2.45) is 17.8 Å². The van der Waals surface area contributed by atoms with Gasteiger partial charge in [-0.15, -0.1) is 0 Å². The van der Waals surface area contributed by atoms with Gasteiger partial charge in [-0.3, -0.25) is 14.4 Å². The number of nitrogens with zero attached hydrogens (tertiary/aromatic N) is 1. The van der Waals surface area contributed by atoms with Crippen molar-refractivity contribution in [2.45, 2.75) is 44.9 Å². The van der Waals surface area contributed by atoms with Crippen molar-refractivity contribution in [3.05, 3.63) is 35.9 Å². The molecule has 2 atom stereocenters. The first-order valence-corrected chi connectivity index (χ1v) is 11.6. The number of hydrogen-bond acceptors (Lipinski definition) is 4. The number of benzene rings is 1. The van der Waals surface area contributed by atoms with Crippen LogP contribution in [0, 0.1) is 17.8 Å². The maximum absolute atomic E-state index is 12.7. The number of hydrogen-bond donors (Lipinski definition) is 3. The highest BCUT2D eigenvalue weighted by molar-refractivity contribution is 5.82. The first-order chi connectivity index (χ1) is 15.0. The molecule has 2 saturated heterocycles. The second-order valence-corrected chi connectivity index (χ2v) is 8.88. The van der Waals surface area contributed by atoms with E-state index in [9.17, 15) is 19.5 Å². The molecule has 7 heteroatoms. The molecule has 1 unspecified atom stereocenters. The Kier molecular flexibility index (Phi) is 8.88. The molecule has 3 rings (SSSR count). The van der Waals surface area contributed by atoms with Gasteiger partial charge < -0.3 is 20.6 Å². The zero-order valence-electron chi connectivity index (χ0n) is 18.2. The summed E-state index contributed by atoms with van der Waals surface area (Å²) in [5.74, 6) is -1.23. The quantitative estimate of drug-likeness (QED) is 0.558. The van der Waals surface area contributed by atoms with Gasteiger partial charge in [0.25, 0.3) is 0 Å². The van der Waals surface area contributed by atoms with E-state index in [0.717, 1.165) is 50.8 Å². The fourth-order valence-corrected chi connectivity index (χ4v) is 4.59. The molecule has 0 saturated carbocycles. The summed E-state index contributed by atoms with van der Waals surface area (Å²) in [5, 5.41) is 15.7. The predicted octanol–water partition coefficient (Wildman–Crippen LogP) is 2.06. The first-order valence-electron chi connectivity index (χ1n) is 11.6. The van der Waals surface area contributed by atoms with Crippen LogP contribution in [-0.2, 0) is 20.8 Å². The molecule has 2 heterocycles. The number of aliphatic carboxylic acids is 1. The van der Waals surface area contributed by atoms with Crippen molar-refractivity contribution < 1.29 is 19.5 Å². The predicted molar refractivity (Wildman–Crippen MR) is 118 cm³/mol. The average molecular weight is 430 g/mol. The second kappa shape index (κ2) is 11.8. The van der Waals surface area contributed by atoms with Crippen LogP contribution in [0.1, 0.15) is 44.1 Å². The lowest BCUT2D eigenvalue weighted by molar-refractivity contribution is -0.141. The van der Waals surface area contributed by atoms with Crippen LogP contribution in [0.5, 0.6) is 0 Å². The highest BCUT2D eigenvalue weighted by Crippen LogP contribution is 2.21. The van der Waals surface area contributed by atoms with Crippen molar-refractivity contribution in [2.75, 3.05) is 32.7 Å². The summed E-state index contributed by atoms with van der Waals surface area (Å²) in [6, 6.07) is 9.44. The van der Waals surface area contributed by atoms with E-state index in [4.69, 9.17) is 0 Å². The number of rotatable bonds is 9. The van der Waals surface area contributed by atoms with Crippen molar-refractivity contribution >= 4 is 17.8 Å². The lowest BCUT2D eigenvalue weighted by atomic mass is 9.92. The highest BCUT2D eigenvalue weighted by atomic mass is 16.4. The van der Waals surface area contributed by atoms with E-state index in [1.807, 2.05) is 35.2 Å². The smallest absolute Gasteiger partial charge is 0.308 e. The fraction of sp³-hybridized carbons (Fsp3) is 0.625. The lowest BCUT2D eigenvalue weighted by Crippen LogP contribution is -2.46. The molecule has 2 fully saturated rings. The molecular weight excluding hydrogens is 394 g/mol. The zero-order valence-corrected chi connectivity index (χ0v) is 18.2. The molecule has 0 radical (unpaired) electrons. The highest BCUT2D eigenvalue weighted by Gasteiger charge is 2.29. The average Bonchev–Trinajstić information content (AvgIpc) is 2.81. The van der Waals surface area contributed by atoms with Gasteiger partial charge in [0.15, 0.2) is 0 Å². The van der Waals surface area contributed by atoms with Crippen LogP contribution < -0.4 is 10.6 Å². The van der Waals surface area contributed by atoms with E-state index in [1.165, 1.54) is 0 Å². The topological polar surface area (TPSA) is 98.7 Å². The summed E-state index contributed by atoms with van der Waals surface area (Å²) in [6.07, 6.45) is 5.66. The minimum Gasteiger partial charge on any atom is -0.481 e. The number of carboxylic acid groups (broad SMARTS) is 1. The lowest BCUT2D eigenvalue weighted by Gasteiger charge is -2.33. The van der Waals surface area contributed by atoms with Crippen LogP contribution in [0.3, 0.4) is 0 Å². The molecular formula is C24H35N3O4. The van der Waals surface area contributed by atoms with Gasteiger partial charge in [0.1, 0.15) is 0 Å². The Morgan fingerprint density at radius 3 is 2.58 bits per heavy atom. The maximum atomic E-state index is 12.7. The molecule has 1 aromatic rings. The number of piperidine rings is 2. The minimum absolute atomic E-state index is 0.100. The van der Waals surface area contributed by atoms with Crippen LogP contribution in [0.25, 0.3) is 0 Å². The standard InChI is InChI=1S/C24H35N3O4/c28-22(9-8-18-10-12-25-13-11-18)27-14-4-7-20(17-27)23(29)26-16-21(24(30)31)15-19-5-2-1-3-6-19/h1-3,5-6,18,20-21,25H,4,7-17H2,(H,26,29)(H,30,31)/t20-,21?/m1/s1. The van der Waals surface area contributed by atoms with Gasteiger partial charge in [0.05, 0.1) is 11.8 Å². The van der Waals surface area contributed by atoms with Gasteiger partial charge in [-0.25, -0.2) is 0 Å². The molecule has 0 spiro atoms. The molecule has 0 aliphatic carbocycles. The Balaban J connectivity index is 1.44. The number of amides is 2. The van der Waals surface area contributed by atoms with Crippen LogP contribution in [0.15, 0.2) is 30.3 Å². The third-order valence-electron chi connectivity index (χ3n) is 6.57. The van der Waals surface area contributed by atoms with Gasteiger partial charge in [0, 0.05) is 26.1 Å². The van der Waals surface area contributed by atoms with Crippen molar-refractivity contribution in [3.63, 3.8) is 0 Å². The van der Waals surface area contributed by atoms with E-state index in [1.54, 1.807) is 0 Å². The number of carbonyl (C=O) groups excluding carboxylic acids is 2. The molecule has 1 aromatic carbocycles. The Bertz CT molecular complexity index is 734. The Hall–Kier alpha value is -2.41. The molecule has 2 aliphatic rings. The zero-order chi connectivity index (χ0) is 22.1. The van der Waals surface area contributed by atoms with E-state index < -0.39 is 11.9 Å². The largest absolute Gasteiger partial charge is 0.481 e. The van der Waals surface area contributed by atoms with E-state index in [0.29, 0.717) is 31.8 Å². The monoisotopic (exact) mass is 429 g/mol. The minimum atomic E-state index is -0.914. The Labute approximate surface area is 184 Å². The Morgan fingerprint density at radius 1 is 1.13 bits per heavy atom. The summed E-state index contributed by atoms with van der Waals surface area (Å²) in [5.41, 5.74) is 0.937. The molecule has 2 amide bonds. The summed E-state index contributed by atoms with van der Waals surface area (Å²) in [7, 11) is 0. The molecule has 0 aromatic heterocycles. The van der Waals surface area contributed by atoms with Gasteiger partial charge in [-0.05, 0) is 63.1 Å². The normalized spacial score (nSPS) is 20.8. The van der Waals surface area contributed by atoms with E-state index in [-0.39, 0.29) is 24.3 Å².